The van der Waals surface area contributed by atoms with Gasteiger partial charge in [0.15, 0.2) is 17.6 Å². The number of ether oxygens (including phenoxy) is 2. The van der Waals surface area contributed by atoms with E-state index in [1.54, 1.807) is 42.5 Å². The lowest BCUT2D eigenvalue weighted by Gasteiger charge is -2.25. The number of aliphatic hydroxyl groups is 1. The fraction of sp³-hybridized carbons (Fsp3) is 0.304. The molecule has 12 nitrogen and oxygen atoms in total. The Morgan fingerprint density at radius 3 is 2.43 bits per heavy atom. The van der Waals surface area contributed by atoms with Gasteiger partial charge in [0.2, 0.25) is 11.8 Å². The number of hydrogen-bond acceptors (Lipinski definition) is 8. The molecule has 35 heavy (non-hydrogen) atoms. The van der Waals surface area contributed by atoms with Gasteiger partial charge in [-0.15, -0.1) is 0 Å². The minimum Gasteiger partial charge on any atom is -0.493 e. The maximum absolute atomic E-state index is 12.8. The van der Waals surface area contributed by atoms with Crippen molar-refractivity contribution >= 4 is 23.8 Å². The predicted molar refractivity (Wildman–Crippen MR) is 120 cm³/mol. The molecule has 186 valence electrons. The molecule has 0 saturated carbocycles. The fourth-order valence-electron chi connectivity index (χ4n) is 3.53. The van der Waals surface area contributed by atoms with Crippen molar-refractivity contribution in [1.29, 1.82) is 0 Å². The van der Waals surface area contributed by atoms with Gasteiger partial charge in [0.05, 0.1) is 13.2 Å². The van der Waals surface area contributed by atoms with Crippen molar-refractivity contribution in [2.45, 2.75) is 37.1 Å². The number of rotatable bonds is 4. The van der Waals surface area contributed by atoms with Crippen LogP contribution in [0.4, 0.5) is 0 Å². The molecule has 4 bridgehead atoms. The minimum absolute atomic E-state index is 0.0263. The molecule has 7 N–H and O–H groups in total. The van der Waals surface area contributed by atoms with Gasteiger partial charge in [-0.3, -0.25) is 9.59 Å². The summed E-state index contributed by atoms with van der Waals surface area (Å²) in [4.78, 5) is 48.6. The summed E-state index contributed by atoms with van der Waals surface area (Å²) < 4.78 is 11.3. The third-order valence-corrected chi connectivity index (χ3v) is 5.35. The van der Waals surface area contributed by atoms with Crippen molar-refractivity contribution in [1.82, 2.24) is 10.6 Å². The van der Waals surface area contributed by atoms with E-state index in [4.69, 9.17) is 15.2 Å². The zero-order valence-corrected chi connectivity index (χ0v) is 18.6. The largest absolute Gasteiger partial charge is 0.493 e. The standard InChI is InChI=1S/C23H25N3O9/c1-34-16-6-5-12-8-14(24)20(28)26-18(19(27)23(32)33)21(29)25-15(22(30)31)9-11-3-2-4-13(7-11)35-17(16)10-12/h2-7,10,14-15,18-19,27H,8-9,24H2,1H3,(H,25,29)(H,26,28)(H,30,31)(H,32,33). The van der Waals surface area contributed by atoms with Crippen molar-refractivity contribution in [3.8, 4) is 17.2 Å². The van der Waals surface area contributed by atoms with Crippen molar-refractivity contribution in [2.75, 3.05) is 7.11 Å². The molecule has 1 aliphatic heterocycles. The van der Waals surface area contributed by atoms with Crippen LogP contribution in [0.25, 0.3) is 0 Å². The normalized spacial score (nSPS) is 21.6. The summed E-state index contributed by atoms with van der Waals surface area (Å²) in [6.07, 6.45) is -2.57. The number of amides is 2. The lowest BCUT2D eigenvalue weighted by molar-refractivity contribution is -0.152. The van der Waals surface area contributed by atoms with Crippen LogP contribution in [0.15, 0.2) is 42.5 Å². The number of aliphatic hydroxyl groups excluding tert-OH is 1. The second-order valence-electron chi connectivity index (χ2n) is 7.92. The molecule has 4 unspecified atom stereocenters. The Balaban J connectivity index is 2.06. The van der Waals surface area contributed by atoms with E-state index in [0.29, 0.717) is 28.4 Å². The molecule has 1 aliphatic rings. The molecular weight excluding hydrogens is 462 g/mol. The molecule has 0 saturated heterocycles. The monoisotopic (exact) mass is 487 g/mol. The van der Waals surface area contributed by atoms with Crippen LogP contribution in [0, 0.1) is 0 Å². The molecule has 2 aromatic rings. The number of carboxylic acid groups (broad SMARTS) is 2. The number of carboxylic acids is 2. The van der Waals surface area contributed by atoms with Gasteiger partial charge < -0.3 is 41.2 Å². The summed E-state index contributed by atoms with van der Waals surface area (Å²) >= 11 is 0. The Kier molecular flexibility index (Phi) is 7.89. The topological polar surface area (TPSA) is 198 Å². The Morgan fingerprint density at radius 1 is 1.06 bits per heavy atom. The van der Waals surface area contributed by atoms with Crippen LogP contribution in [0.2, 0.25) is 0 Å². The number of nitrogens with one attached hydrogen (secondary N) is 2. The van der Waals surface area contributed by atoms with E-state index < -0.39 is 48.0 Å². The smallest absolute Gasteiger partial charge is 0.335 e. The molecular formula is C23H25N3O9. The molecule has 0 aliphatic carbocycles. The van der Waals surface area contributed by atoms with Crippen molar-refractivity contribution < 1.29 is 44.0 Å². The molecule has 2 amide bonds. The number of nitrogens with two attached hydrogens (primary N) is 1. The maximum atomic E-state index is 12.8. The Labute approximate surface area is 199 Å². The summed E-state index contributed by atoms with van der Waals surface area (Å²) in [5, 5.41) is 33.1. The highest BCUT2D eigenvalue weighted by Gasteiger charge is 2.36. The zero-order valence-electron chi connectivity index (χ0n) is 18.6. The van der Waals surface area contributed by atoms with E-state index in [2.05, 4.69) is 10.6 Å². The van der Waals surface area contributed by atoms with E-state index >= 15 is 0 Å². The Morgan fingerprint density at radius 2 is 1.77 bits per heavy atom. The van der Waals surface area contributed by atoms with Crippen LogP contribution in [-0.4, -0.2) is 70.4 Å². The molecule has 1 heterocycles. The second kappa shape index (κ2) is 10.8. The average molecular weight is 487 g/mol. The summed E-state index contributed by atoms with van der Waals surface area (Å²) in [5.74, 6) is -4.23. The van der Waals surface area contributed by atoms with E-state index in [-0.39, 0.29) is 12.8 Å². The van der Waals surface area contributed by atoms with Crippen molar-refractivity contribution in [2.24, 2.45) is 5.73 Å². The van der Waals surface area contributed by atoms with Gasteiger partial charge in [0, 0.05) is 6.42 Å². The van der Waals surface area contributed by atoms with E-state index in [9.17, 15) is 34.5 Å². The first-order valence-corrected chi connectivity index (χ1v) is 10.5. The summed E-state index contributed by atoms with van der Waals surface area (Å²) in [7, 11) is 1.46. The van der Waals surface area contributed by atoms with Crippen LogP contribution >= 0.6 is 0 Å². The summed E-state index contributed by atoms with van der Waals surface area (Å²) in [6, 6.07) is 6.65. The molecule has 0 spiro atoms. The van der Waals surface area contributed by atoms with Gasteiger partial charge >= 0.3 is 11.9 Å². The number of fused-ring (bicyclic) bond motifs is 4. The SMILES string of the molecule is COc1ccc2cc1Oc1cccc(c1)CC(C(=O)O)NC(=O)C(C(O)C(=O)O)NC(=O)C(N)C2. The van der Waals surface area contributed by atoms with Crippen LogP contribution in [0.3, 0.4) is 0 Å². The van der Waals surface area contributed by atoms with Crippen LogP contribution in [-0.2, 0) is 32.0 Å². The number of carbonyl (C=O) groups excluding carboxylic acids is 2. The lowest BCUT2D eigenvalue weighted by Crippen LogP contribution is -2.60. The predicted octanol–water partition coefficient (Wildman–Crippen LogP) is -0.587. The molecule has 0 fully saturated rings. The van der Waals surface area contributed by atoms with Crippen molar-refractivity contribution in [3.05, 3.63) is 53.6 Å². The first-order chi connectivity index (χ1) is 16.6. The minimum atomic E-state index is -2.34. The van der Waals surface area contributed by atoms with Gasteiger partial charge in [-0.2, -0.15) is 0 Å². The number of aliphatic carboxylic acids is 2. The maximum Gasteiger partial charge on any atom is 0.335 e. The van der Waals surface area contributed by atoms with Gasteiger partial charge in [-0.1, -0.05) is 18.2 Å². The third kappa shape index (κ3) is 6.25. The van der Waals surface area contributed by atoms with Gasteiger partial charge in [-0.05, 0) is 41.8 Å². The molecule has 4 atom stereocenters. The highest BCUT2D eigenvalue weighted by molar-refractivity contribution is 5.95. The summed E-state index contributed by atoms with van der Waals surface area (Å²) in [6.45, 7) is 0. The number of carbonyl (C=O) groups is 4. The van der Waals surface area contributed by atoms with Crippen molar-refractivity contribution in [3.63, 3.8) is 0 Å². The highest BCUT2D eigenvalue weighted by Crippen LogP contribution is 2.33. The summed E-state index contributed by atoms with van der Waals surface area (Å²) in [5.41, 5.74) is 7.03. The van der Waals surface area contributed by atoms with Crippen LogP contribution < -0.4 is 25.8 Å². The first-order valence-electron chi connectivity index (χ1n) is 10.5. The third-order valence-electron chi connectivity index (χ3n) is 5.35. The van der Waals surface area contributed by atoms with E-state index in [1.165, 1.54) is 7.11 Å². The lowest BCUT2D eigenvalue weighted by atomic mass is 10.0. The molecule has 12 heteroatoms. The second-order valence-corrected chi connectivity index (χ2v) is 7.92. The first kappa shape index (κ1) is 25.5. The van der Waals surface area contributed by atoms with Gasteiger partial charge in [0.25, 0.3) is 0 Å². The number of methoxy groups -OCH3 is 1. The number of hydrogen-bond donors (Lipinski definition) is 6. The van der Waals surface area contributed by atoms with Gasteiger partial charge in [0.1, 0.15) is 17.8 Å². The highest BCUT2D eigenvalue weighted by atomic mass is 16.5. The molecule has 3 rings (SSSR count). The average Bonchev–Trinajstić information content (AvgIpc) is 2.81. The molecule has 0 radical (unpaired) electrons. The quantitative estimate of drug-likeness (QED) is 0.324. The van der Waals surface area contributed by atoms with E-state index in [0.717, 1.165) is 0 Å². The van der Waals surface area contributed by atoms with Crippen LogP contribution in [0.1, 0.15) is 11.1 Å². The molecule has 0 aromatic heterocycles. The van der Waals surface area contributed by atoms with Gasteiger partial charge in [-0.25, -0.2) is 9.59 Å². The fourth-order valence-corrected chi connectivity index (χ4v) is 3.53. The zero-order chi connectivity index (χ0) is 25.7. The molecule has 2 aromatic carbocycles. The Hall–Kier alpha value is -4.16. The van der Waals surface area contributed by atoms with E-state index in [1.807, 2.05) is 0 Å². The number of benzene rings is 2. The Bertz CT molecular complexity index is 1140. The van der Waals surface area contributed by atoms with Crippen LogP contribution in [0.5, 0.6) is 17.2 Å².